The second-order valence-corrected chi connectivity index (χ2v) is 4.04. The summed E-state index contributed by atoms with van der Waals surface area (Å²) in [4.78, 5) is 3.48. The van der Waals surface area contributed by atoms with Gasteiger partial charge in [0.15, 0.2) is 0 Å². The Balaban J connectivity index is 0.00000220. The van der Waals surface area contributed by atoms with Crippen LogP contribution < -0.4 is 10.1 Å². The first kappa shape index (κ1) is 17.1. The number of nitrogens with one attached hydrogen (secondary N) is 1. The van der Waals surface area contributed by atoms with Crippen LogP contribution in [0.1, 0.15) is 11.3 Å². The SMILES string of the molecule is CNc1cnn(Cc2ccc(C(F)(F)F)nc2OC)c1.Cl. The zero-order valence-corrected chi connectivity index (χ0v) is 12.1. The molecule has 2 rings (SSSR count). The molecule has 0 spiro atoms. The number of methoxy groups -OCH3 is 1. The van der Waals surface area contributed by atoms with Crippen LogP contribution in [-0.4, -0.2) is 28.9 Å². The molecule has 116 valence electrons. The van der Waals surface area contributed by atoms with Crippen LogP contribution in [0.3, 0.4) is 0 Å². The van der Waals surface area contributed by atoms with E-state index in [0.29, 0.717) is 5.56 Å². The lowest BCUT2D eigenvalue weighted by molar-refractivity contribution is -0.141. The number of hydrogen-bond donors (Lipinski definition) is 1. The van der Waals surface area contributed by atoms with Crippen LogP contribution in [0.4, 0.5) is 18.9 Å². The monoisotopic (exact) mass is 322 g/mol. The van der Waals surface area contributed by atoms with Crippen molar-refractivity contribution >= 4 is 18.1 Å². The molecule has 0 bridgehead atoms. The second kappa shape index (κ2) is 6.66. The summed E-state index contributed by atoms with van der Waals surface area (Å²) in [5, 5.41) is 6.99. The van der Waals surface area contributed by atoms with E-state index in [-0.39, 0.29) is 24.8 Å². The standard InChI is InChI=1S/C12H13F3N4O.ClH/c1-16-9-5-17-19(7-9)6-8-3-4-10(12(13,14)15)18-11(8)20-2;/h3-5,7,16H,6H2,1-2H3;1H. The Morgan fingerprint density at radius 3 is 2.57 bits per heavy atom. The van der Waals surface area contributed by atoms with E-state index >= 15 is 0 Å². The van der Waals surface area contributed by atoms with Gasteiger partial charge in [-0.05, 0) is 12.1 Å². The highest BCUT2D eigenvalue weighted by molar-refractivity contribution is 5.85. The molecular weight excluding hydrogens is 309 g/mol. The third-order valence-electron chi connectivity index (χ3n) is 2.68. The molecule has 2 aromatic heterocycles. The third-order valence-corrected chi connectivity index (χ3v) is 2.68. The average Bonchev–Trinajstić information content (AvgIpc) is 2.85. The van der Waals surface area contributed by atoms with Crippen molar-refractivity contribution in [3.63, 3.8) is 0 Å². The highest BCUT2D eigenvalue weighted by Gasteiger charge is 2.33. The van der Waals surface area contributed by atoms with Gasteiger partial charge in [0.2, 0.25) is 5.88 Å². The van der Waals surface area contributed by atoms with Crippen molar-refractivity contribution in [2.45, 2.75) is 12.7 Å². The van der Waals surface area contributed by atoms with Gasteiger partial charge in [-0.1, -0.05) is 0 Å². The normalized spacial score (nSPS) is 10.9. The largest absolute Gasteiger partial charge is 0.481 e. The molecule has 0 saturated carbocycles. The zero-order chi connectivity index (χ0) is 14.8. The van der Waals surface area contributed by atoms with E-state index in [1.807, 2.05) is 0 Å². The number of ether oxygens (including phenoxy) is 1. The number of pyridine rings is 1. The van der Waals surface area contributed by atoms with Crippen molar-refractivity contribution in [3.8, 4) is 5.88 Å². The lowest BCUT2D eigenvalue weighted by Crippen LogP contribution is -2.11. The molecule has 0 amide bonds. The number of hydrogen-bond acceptors (Lipinski definition) is 4. The van der Waals surface area contributed by atoms with Crippen LogP contribution in [0.5, 0.6) is 5.88 Å². The van der Waals surface area contributed by atoms with Crippen molar-refractivity contribution in [1.82, 2.24) is 14.8 Å². The summed E-state index contributed by atoms with van der Waals surface area (Å²) >= 11 is 0. The molecule has 0 aliphatic rings. The van der Waals surface area contributed by atoms with Crippen LogP contribution in [0, 0.1) is 0 Å². The van der Waals surface area contributed by atoms with Gasteiger partial charge in [-0.3, -0.25) is 4.68 Å². The van der Waals surface area contributed by atoms with E-state index < -0.39 is 11.9 Å². The van der Waals surface area contributed by atoms with Crippen molar-refractivity contribution in [2.75, 3.05) is 19.5 Å². The minimum Gasteiger partial charge on any atom is -0.481 e. The van der Waals surface area contributed by atoms with E-state index in [9.17, 15) is 13.2 Å². The molecule has 21 heavy (non-hydrogen) atoms. The quantitative estimate of drug-likeness (QED) is 0.940. The summed E-state index contributed by atoms with van der Waals surface area (Å²) in [5.41, 5.74) is 0.351. The summed E-state index contributed by atoms with van der Waals surface area (Å²) in [6.45, 7) is 0.274. The van der Waals surface area contributed by atoms with Gasteiger partial charge in [-0.2, -0.15) is 18.3 Å². The maximum absolute atomic E-state index is 12.6. The fraction of sp³-hybridized carbons (Fsp3) is 0.333. The Kier molecular flexibility index (Phi) is 5.42. The minimum absolute atomic E-state index is 0. The summed E-state index contributed by atoms with van der Waals surface area (Å²) in [6, 6.07) is 2.27. The smallest absolute Gasteiger partial charge is 0.433 e. The first-order valence-electron chi connectivity index (χ1n) is 5.75. The Labute approximate surface area is 125 Å². The first-order chi connectivity index (χ1) is 9.44. The summed E-state index contributed by atoms with van der Waals surface area (Å²) in [6.07, 6.45) is -1.14. The summed E-state index contributed by atoms with van der Waals surface area (Å²) in [5.74, 6) is -0.0543. The second-order valence-electron chi connectivity index (χ2n) is 4.04. The molecule has 0 radical (unpaired) electrons. The molecule has 0 saturated heterocycles. The Bertz CT molecular complexity index is 600. The molecule has 5 nitrogen and oxygen atoms in total. The molecule has 2 heterocycles. The molecule has 0 unspecified atom stereocenters. The van der Waals surface area contributed by atoms with E-state index in [1.54, 1.807) is 24.1 Å². The number of alkyl halides is 3. The lowest BCUT2D eigenvalue weighted by atomic mass is 10.2. The van der Waals surface area contributed by atoms with Gasteiger partial charge in [-0.15, -0.1) is 12.4 Å². The molecule has 0 atom stereocenters. The van der Waals surface area contributed by atoms with E-state index in [1.165, 1.54) is 13.2 Å². The van der Waals surface area contributed by atoms with Crippen LogP contribution in [-0.2, 0) is 12.7 Å². The highest BCUT2D eigenvalue weighted by atomic mass is 35.5. The van der Waals surface area contributed by atoms with Crippen LogP contribution in [0.25, 0.3) is 0 Å². The predicted octanol–water partition coefficient (Wildman–Crippen LogP) is 2.82. The van der Waals surface area contributed by atoms with Crippen LogP contribution >= 0.6 is 12.4 Å². The summed E-state index contributed by atoms with van der Waals surface area (Å²) in [7, 11) is 3.04. The highest BCUT2D eigenvalue weighted by Crippen LogP contribution is 2.30. The van der Waals surface area contributed by atoms with Gasteiger partial charge >= 0.3 is 6.18 Å². The van der Waals surface area contributed by atoms with Gasteiger partial charge < -0.3 is 10.1 Å². The maximum Gasteiger partial charge on any atom is 0.433 e. The topological polar surface area (TPSA) is 52.0 Å². The van der Waals surface area contributed by atoms with Gasteiger partial charge in [0.25, 0.3) is 0 Å². The van der Waals surface area contributed by atoms with Gasteiger partial charge in [0.1, 0.15) is 5.69 Å². The minimum atomic E-state index is -4.49. The Morgan fingerprint density at radius 2 is 2.05 bits per heavy atom. The number of anilines is 1. The Hall–Kier alpha value is -1.96. The number of rotatable bonds is 4. The fourth-order valence-electron chi connectivity index (χ4n) is 1.68. The van der Waals surface area contributed by atoms with E-state index in [2.05, 4.69) is 15.4 Å². The Morgan fingerprint density at radius 1 is 1.33 bits per heavy atom. The maximum atomic E-state index is 12.6. The van der Waals surface area contributed by atoms with Gasteiger partial charge in [0, 0.05) is 18.8 Å². The van der Waals surface area contributed by atoms with Crippen LogP contribution in [0.15, 0.2) is 24.5 Å². The fourth-order valence-corrected chi connectivity index (χ4v) is 1.68. The molecule has 0 aliphatic carbocycles. The zero-order valence-electron chi connectivity index (χ0n) is 11.3. The van der Waals surface area contributed by atoms with Crippen molar-refractivity contribution in [3.05, 3.63) is 35.8 Å². The molecule has 2 aromatic rings. The van der Waals surface area contributed by atoms with Crippen molar-refractivity contribution < 1.29 is 17.9 Å². The molecule has 1 N–H and O–H groups in total. The van der Waals surface area contributed by atoms with Crippen molar-refractivity contribution in [2.24, 2.45) is 0 Å². The van der Waals surface area contributed by atoms with Crippen molar-refractivity contribution in [1.29, 1.82) is 0 Å². The van der Waals surface area contributed by atoms with Gasteiger partial charge in [0.05, 0.1) is 25.5 Å². The lowest BCUT2D eigenvalue weighted by Gasteiger charge is -2.11. The van der Waals surface area contributed by atoms with E-state index in [4.69, 9.17) is 4.74 Å². The number of aromatic nitrogens is 3. The van der Waals surface area contributed by atoms with Crippen LogP contribution in [0.2, 0.25) is 0 Å². The molecule has 0 aliphatic heterocycles. The third kappa shape index (κ3) is 4.01. The average molecular weight is 323 g/mol. The number of halogens is 4. The molecule has 9 heteroatoms. The van der Waals surface area contributed by atoms with Gasteiger partial charge in [-0.25, -0.2) is 4.98 Å². The molecule has 0 fully saturated rings. The summed E-state index contributed by atoms with van der Waals surface area (Å²) < 4.78 is 44.2. The molecular formula is C12H14ClF3N4O. The van der Waals surface area contributed by atoms with E-state index in [0.717, 1.165) is 11.8 Å². The predicted molar refractivity (Wildman–Crippen MR) is 73.9 cm³/mol. The molecule has 0 aromatic carbocycles. The first-order valence-corrected chi connectivity index (χ1v) is 5.75. The number of nitrogens with zero attached hydrogens (tertiary/aromatic N) is 3.